The van der Waals surface area contributed by atoms with Crippen molar-refractivity contribution in [3.05, 3.63) is 29.8 Å². The summed E-state index contributed by atoms with van der Waals surface area (Å²) in [4.78, 5) is 37.7. The molecule has 2 N–H and O–H groups in total. The molecule has 7 nitrogen and oxygen atoms in total. The summed E-state index contributed by atoms with van der Waals surface area (Å²) in [6, 6.07) is 5.18. The van der Waals surface area contributed by atoms with Crippen molar-refractivity contribution in [2.75, 3.05) is 13.1 Å². The first kappa shape index (κ1) is 21.6. The fraction of sp³-hybridized carbons (Fsp3) is 0.526. The van der Waals surface area contributed by atoms with Gasteiger partial charge in [0, 0.05) is 19.1 Å². The lowest BCUT2D eigenvalue weighted by Gasteiger charge is -2.33. The second-order valence-electron chi connectivity index (χ2n) is 6.89. The second kappa shape index (κ2) is 9.48. The van der Waals surface area contributed by atoms with Gasteiger partial charge < -0.3 is 20.1 Å². The number of carboxylic acid groups (broad SMARTS) is 1. The van der Waals surface area contributed by atoms with Crippen LogP contribution in [0.1, 0.15) is 37.0 Å². The summed E-state index contributed by atoms with van der Waals surface area (Å²) in [7, 11) is 0. The molecule has 2 rings (SSSR count). The van der Waals surface area contributed by atoms with Crippen molar-refractivity contribution in [1.29, 1.82) is 0 Å². The Balaban J connectivity index is 2.06. The van der Waals surface area contributed by atoms with Crippen LogP contribution in [0.25, 0.3) is 0 Å². The van der Waals surface area contributed by atoms with E-state index in [4.69, 9.17) is 5.11 Å². The molecule has 0 spiro atoms. The number of carbonyl (C=O) groups excluding carboxylic acids is 2. The number of hydrogen-bond acceptors (Lipinski definition) is 4. The number of ether oxygens (including phenoxy) is 1. The van der Waals surface area contributed by atoms with E-state index >= 15 is 0 Å². The number of hydrogen-bond donors (Lipinski definition) is 2. The molecule has 3 unspecified atom stereocenters. The van der Waals surface area contributed by atoms with Crippen LogP contribution >= 0.6 is 0 Å². The van der Waals surface area contributed by atoms with Gasteiger partial charge in [-0.1, -0.05) is 12.1 Å². The molecule has 0 aromatic heterocycles. The largest absolute Gasteiger partial charge is 0.481 e. The first-order valence-electron chi connectivity index (χ1n) is 9.07. The van der Waals surface area contributed by atoms with E-state index in [1.807, 2.05) is 0 Å². The predicted molar refractivity (Wildman–Crippen MR) is 96.1 cm³/mol. The van der Waals surface area contributed by atoms with Crippen molar-refractivity contribution in [2.45, 2.75) is 39.3 Å². The molecule has 1 fully saturated rings. The average Bonchev–Trinajstić information content (AvgIpc) is 2.66. The van der Waals surface area contributed by atoms with Gasteiger partial charge in [0.15, 0.2) is 0 Å². The molecular weight excluding hydrogens is 374 g/mol. The van der Waals surface area contributed by atoms with Crippen LogP contribution in [0, 0.1) is 11.8 Å². The third kappa shape index (κ3) is 5.40. The van der Waals surface area contributed by atoms with Gasteiger partial charge in [0.2, 0.25) is 5.91 Å². The number of piperidine rings is 1. The van der Waals surface area contributed by atoms with Gasteiger partial charge in [0.1, 0.15) is 5.75 Å². The molecule has 3 atom stereocenters. The molecular formula is C19H24F2N2O5. The van der Waals surface area contributed by atoms with Gasteiger partial charge in [-0.05, 0) is 38.8 Å². The Bertz CT molecular complexity index is 728. The van der Waals surface area contributed by atoms with Crippen molar-refractivity contribution < 1.29 is 33.0 Å². The number of carbonyl (C=O) groups is 3. The summed E-state index contributed by atoms with van der Waals surface area (Å²) >= 11 is 0. The molecule has 9 heteroatoms. The van der Waals surface area contributed by atoms with Gasteiger partial charge in [-0.15, -0.1) is 0 Å². The molecule has 1 heterocycles. The first-order chi connectivity index (χ1) is 13.2. The fourth-order valence-electron chi connectivity index (χ4n) is 3.07. The van der Waals surface area contributed by atoms with Gasteiger partial charge in [-0.2, -0.15) is 8.78 Å². The zero-order valence-corrected chi connectivity index (χ0v) is 15.7. The average molecular weight is 398 g/mol. The van der Waals surface area contributed by atoms with E-state index in [2.05, 4.69) is 10.1 Å². The lowest BCUT2D eigenvalue weighted by molar-refractivity contribution is -0.142. The van der Waals surface area contributed by atoms with Gasteiger partial charge in [0.05, 0.1) is 17.4 Å². The minimum Gasteiger partial charge on any atom is -0.481 e. The van der Waals surface area contributed by atoms with Crippen molar-refractivity contribution >= 4 is 17.8 Å². The summed E-state index contributed by atoms with van der Waals surface area (Å²) in [5, 5.41) is 11.7. The first-order valence-corrected chi connectivity index (χ1v) is 9.07. The Labute approximate surface area is 161 Å². The Morgan fingerprint density at radius 1 is 1.25 bits per heavy atom. The topological polar surface area (TPSA) is 95.9 Å². The lowest BCUT2D eigenvalue weighted by atomic mass is 9.95. The standard InChI is InChI=1S/C19H24F2N2O5/c1-11(18(26)27)12(2)22-16(24)13-6-5-9-23(10-13)17(25)14-7-3-4-8-15(14)28-19(20)21/h3-4,7-8,11-13,19H,5-6,9-10H2,1-2H3,(H,22,24)(H,26,27). The number of halogens is 2. The van der Waals surface area contributed by atoms with Crippen LogP contribution in [0.15, 0.2) is 24.3 Å². The predicted octanol–water partition coefficient (Wildman–Crippen LogP) is 2.37. The molecule has 154 valence electrons. The van der Waals surface area contributed by atoms with Crippen LogP contribution in [0.5, 0.6) is 5.75 Å². The van der Waals surface area contributed by atoms with Crippen molar-refractivity contribution in [3.8, 4) is 5.75 Å². The summed E-state index contributed by atoms with van der Waals surface area (Å²) in [5.41, 5.74) is 0.0109. The number of amides is 2. The number of nitrogens with one attached hydrogen (secondary N) is 1. The number of para-hydroxylation sites is 1. The Morgan fingerprint density at radius 2 is 1.93 bits per heavy atom. The van der Waals surface area contributed by atoms with Gasteiger partial charge in [-0.25, -0.2) is 0 Å². The number of likely N-dealkylation sites (tertiary alicyclic amines) is 1. The highest BCUT2D eigenvalue weighted by molar-refractivity contribution is 5.97. The minimum atomic E-state index is -3.05. The maximum Gasteiger partial charge on any atom is 0.387 e. The van der Waals surface area contributed by atoms with Crippen LogP contribution in [0.4, 0.5) is 8.78 Å². The van der Waals surface area contributed by atoms with Crippen LogP contribution in [0.3, 0.4) is 0 Å². The van der Waals surface area contributed by atoms with Gasteiger partial charge in [-0.3, -0.25) is 14.4 Å². The number of rotatable bonds is 7. The fourth-order valence-corrected chi connectivity index (χ4v) is 3.07. The highest BCUT2D eigenvalue weighted by Crippen LogP contribution is 2.25. The van der Waals surface area contributed by atoms with Crippen molar-refractivity contribution in [3.63, 3.8) is 0 Å². The van der Waals surface area contributed by atoms with Gasteiger partial charge >= 0.3 is 12.6 Å². The highest BCUT2D eigenvalue weighted by atomic mass is 19.3. The van der Waals surface area contributed by atoms with Crippen LogP contribution in [-0.4, -0.2) is 53.5 Å². The second-order valence-corrected chi connectivity index (χ2v) is 6.89. The number of carboxylic acids is 1. The molecule has 1 aliphatic heterocycles. The number of alkyl halides is 2. The Morgan fingerprint density at radius 3 is 2.57 bits per heavy atom. The van der Waals surface area contributed by atoms with Crippen molar-refractivity contribution in [1.82, 2.24) is 10.2 Å². The normalized spacial score (nSPS) is 19.0. The zero-order valence-electron chi connectivity index (χ0n) is 15.7. The van der Waals surface area contributed by atoms with E-state index in [-0.39, 0.29) is 23.8 Å². The maximum absolute atomic E-state index is 12.8. The molecule has 1 saturated heterocycles. The number of benzene rings is 1. The monoisotopic (exact) mass is 398 g/mol. The third-order valence-corrected chi connectivity index (χ3v) is 4.92. The Hall–Kier alpha value is -2.71. The van der Waals surface area contributed by atoms with E-state index in [0.29, 0.717) is 19.4 Å². The zero-order chi connectivity index (χ0) is 20.8. The van der Waals surface area contributed by atoms with Gasteiger partial charge in [0.25, 0.3) is 5.91 Å². The van der Waals surface area contributed by atoms with Crippen LogP contribution < -0.4 is 10.1 Å². The molecule has 0 aliphatic carbocycles. The number of nitrogens with zero attached hydrogens (tertiary/aromatic N) is 1. The molecule has 0 bridgehead atoms. The lowest BCUT2D eigenvalue weighted by Crippen LogP contribution is -2.49. The summed E-state index contributed by atoms with van der Waals surface area (Å²) in [6.07, 6.45) is 1.13. The molecule has 2 amide bonds. The summed E-state index contributed by atoms with van der Waals surface area (Å²) in [6.45, 7) is 0.588. The Kier molecular flexibility index (Phi) is 7.31. The number of aliphatic carboxylic acids is 1. The van der Waals surface area contributed by atoms with E-state index < -0.39 is 36.4 Å². The van der Waals surface area contributed by atoms with E-state index in [9.17, 15) is 23.2 Å². The smallest absolute Gasteiger partial charge is 0.387 e. The van der Waals surface area contributed by atoms with Crippen LogP contribution in [-0.2, 0) is 9.59 Å². The molecule has 1 aliphatic rings. The minimum absolute atomic E-state index is 0.0109. The van der Waals surface area contributed by atoms with Crippen molar-refractivity contribution in [2.24, 2.45) is 11.8 Å². The third-order valence-electron chi connectivity index (χ3n) is 4.92. The van der Waals surface area contributed by atoms with E-state index in [0.717, 1.165) is 0 Å². The maximum atomic E-state index is 12.8. The molecule has 1 aromatic rings. The molecule has 28 heavy (non-hydrogen) atoms. The summed E-state index contributed by atoms with van der Waals surface area (Å²) in [5.74, 6) is -3.27. The quantitative estimate of drug-likeness (QED) is 0.735. The highest BCUT2D eigenvalue weighted by Gasteiger charge is 2.32. The molecule has 0 saturated carbocycles. The summed E-state index contributed by atoms with van der Waals surface area (Å²) < 4.78 is 29.6. The SMILES string of the molecule is CC(NC(=O)C1CCCN(C(=O)c2ccccc2OC(F)F)C1)C(C)C(=O)O. The molecule has 0 radical (unpaired) electrons. The van der Waals surface area contributed by atoms with Crippen LogP contribution in [0.2, 0.25) is 0 Å². The molecule has 1 aromatic carbocycles. The van der Waals surface area contributed by atoms with E-state index in [1.165, 1.54) is 30.0 Å². The van der Waals surface area contributed by atoms with E-state index in [1.54, 1.807) is 13.0 Å².